The summed E-state index contributed by atoms with van der Waals surface area (Å²) in [6.45, 7) is -0.299. The van der Waals surface area contributed by atoms with Crippen LogP contribution in [0.3, 0.4) is 0 Å². The predicted octanol–water partition coefficient (Wildman–Crippen LogP) is -0.295. The van der Waals surface area contributed by atoms with Gasteiger partial charge in [-0.3, -0.25) is 0 Å². The molecule has 1 rings (SSSR count). The van der Waals surface area contributed by atoms with Gasteiger partial charge in [0.2, 0.25) is 0 Å². The topological polar surface area (TPSA) is 69.9 Å². The maximum atomic E-state index is 8.80. The Hall–Kier alpha value is -0.740. The number of aliphatic hydroxyl groups is 3. The summed E-state index contributed by atoms with van der Waals surface area (Å²) in [6, 6.07) is 0. The van der Waals surface area contributed by atoms with Crippen LogP contribution in [0.15, 0.2) is 11.5 Å². The number of hydrogen-bond donors (Lipinski definition) is 3. The molecular weight excluding hydrogens is 124 g/mol. The van der Waals surface area contributed by atoms with Gasteiger partial charge in [-0.15, -0.1) is 0 Å². The third kappa shape index (κ3) is 0.988. The van der Waals surface area contributed by atoms with E-state index in [2.05, 4.69) is 0 Å². The minimum atomic E-state index is -0.718. The second-order valence-corrected chi connectivity index (χ2v) is 1.81. The molecule has 4 nitrogen and oxygen atoms in total. The molecule has 0 spiro atoms. The Morgan fingerprint density at radius 1 is 1.56 bits per heavy atom. The van der Waals surface area contributed by atoms with Gasteiger partial charge in [0.25, 0.3) is 0 Å². The fourth-order valence-corrected chi connectivity index (χ4v) is 0.657. The first-order valence-corrected chi connectivity index (χ1v) is 2.59. The first-order chi connectivity index (χ1) is 4.25. The largest absolute Gasteiger partial charge is 0.506 e. The van der Waals surface area contributed by atoms with E-state index in [9.17, 15) is 0 Å². The van der Waals surface area contributed by atoms with Gasteiger partial charge in [-0.05, 0) is 0 Å². The van der Waals surface area contributed by atoms with Crippen molar-refractivity contribution in [2.24, 2.45) is 0 Å². The highest BCUT2D eigenvalue weighted by Crippen LogP contribution is 2.15. The van der Waals surface area contributed by atoms with Crippen molar-refractivity contribution >= 4 is 0 Å². The van der Waals surface area contributed by atoms with Crippen molar-refractivity contribution in [1.29, 1.82) is 0 Å². The van der Waals surface area contributed by atoms with Crippen LogP contribution in [-0.2, 0) is 4.74 Å². The molecule has 0 fully saturated rings. The molecule has 0 aromatic rings. The normalized spacial score (nSPS) is 27.4. The minimum Gasteiger partial charge on any atom is -0.506 e. The zero-order valence-electron chi connectivity index (χ0n) is 4.74. The van der Waals surface area contributed by atoms with Crippen LogP contribution in [0.5, 0.6) is 0 Å². The van der Waals surface area contributed by atoms with Crippen LogP contribution in [0.1, 0.15) is 0 Å². The maximum absolute atomic E-state index is 8.80. The van der Waals surface area contributed by atoms with E-state index >= 15 is 0 Å². The summed E-state index contributed by atoms with van der Waals surface area (Å²) in [4.78, 5) is 0. The third-order valence-electron chi connectivity index (χ3n) is 1.19. The highest BCUT2D eigenvalue weighted by atomic mass is 16.5. The van der Waals surface area contributed by atoms with E-state index < -0.39 is 6.10 Å². The van der Waals surface area contributed by atoms with Crippen LogP contribution in [0.25, 0.3) is 0 Å². The Labute approximate surface area is 52.0 Å². The fraction of sp³-hybridized carbons (Fsp3) is 0.600. The molecule has 0 aromatic carbocycles. The second kappa shape index (κ2) is 2.24. The molecule has 1 aliphatic rings. The van der Waals surface area contributed by atoms with Gasteiger partial charge < -0.3 is 20.1 Å². The van der Waals surface area contributed by atoms with Crippen molar-refractivity contribution in [2.75, 3.05) is 13.2 Å². The summed E-state index contributed by atoms with van der Waals surface area (Å²) in [5.41, 5.74) is 0. The zero-order chi connectivity index (χ0) is 6.85. The maximum Gasteiger partial charge on any atom is 0.163 e. The summed E-state index contributed by atoms with van der Waals surface area (Å²) in [7, 11) is 0. The lowest BCUT2D eigenvalue weighted by atomic mass is 10.3. The monoisotopic (exact) mass is 132 g/mol. The Morgan fingerprint density at radius 2 is 2.22 bits per heavy atom. The zero-order valence-corrected chi connectivity index (χ0v) is 4.74. The number of ether oxygens (including phenoxy) is 1. The molecule has 0 aliphatic carbocycles. The second-order valence-electron chi connectivity index (χ2n) is 1.81. The lowest BCUT2D eigenvalue weighted by Crippen LogP contribution is -2.14. The van der Waals surface area contributed by atoms with E-state index in [1.54, 1.807) is 0 Å². The van der Waals surface area contributed by atoms with Crippen LogP contribution >= 0.6 is 0 Å². The SMILES string of the molecule is OCC1OCC(O)=C1O. The summed E-state index contributed by atoms with van der Waals surface area (Å²) >= 11 is 0. The summed E-state index contributed by atoms with van der Waals surface area (Å²) < 4.78 is 4.70. The average molecular weight is 132 g/mol. The molecule has 0 aromatic heterocycles. The van der Waals surface area contributed by atoms with Gasteiger partial charge in [-0.2, -0.15) is 0 Å². The molecular formula is C5H8O4. The molecule has 0 amide bonds. The summed E-state index contributed by atoms with van der Waals surface area (Å²) in [5.74, 6) is -0.438. The standard InChI is InChI=1S/C5H8O4/c6-1-4-5(8)3(7)2-9-4/h4,6-8H,1-2H2. The lowest BCUT2D eigenvalue weighted by molar-refractivity contribution is 0.0452. The van der Waals surface area contributed by atoms with Gasteiger partial charge in [-0.25, -0.2) is 0 Å². The van der Waals surface area contributed by atoms with Crippen molar-refractivity contribution in [3.8, 4) is 0 Å². The Morgan fingerprint density at radius 3 is 2.44 bits per heavy atom. The Kier molecular flexibility index (Phi) is 1.59. The van der Waals surface area contributed by atoms with Crippen LogP contribution < -0.4 is 0 Å². The number of aliphatic hydroxyl groups excluding tert-OH is 3. The van der Waals surface area contributed by atoms with E-state index in [4.69, 9.17) is 20.1 Å². The van der Waals surface area contributed by atoms with Crippen LogP contribution in [0.2, 0.25) is 0 Å². The van der Waals surface area contributed by atoms with Crippen LogP contribution in [0, 0.1) is 0 Å². The summed E-state index contributed by atoms with van der Waals surface area (Å²) in [6.07, 6.45) is -0.718. The molecule has 1 unspecified atom stereocenters. The molecule has 4 heteroatoms. The molecule has 3 N–H and O–H groups in total. The highest BCUT2D eigenvalue weighted by molar-refractivity contribution is 5.09. The molecule has 0 saturated heterocycles. The van der Waals surface area contributed by atoms with Crippen LogP contribution in [0.4, 0.5) is 0 Å². The molecule has 1 aliphatic heterocycles. The van der Waals surface area contributed by atoms with E-state index in [1.807, 2.05) is 0 Å². The van der Waals surface area contributed by atoms with Gasteiger partial charge in [0.05, 0.1) is 6.61 Å². The quantitative estimate of drug-likeness (QED) is 0.458. The number of rotatable bonds is 1. The Bertz CT molecular complexity index is 140. The van der Waals surface area contributed by atoms with Crippen molar-refractivity contribution in [3.63, 3.8) is 0 Å². The molecule has 52 valence electrons. The van der Waals surface area contributed by atoms with Crippen LogP contribution in [-0.4, -0.2) is 34.6 Å². The van der Waals surface area contributed by atoms with E-state index in [-0.39, 0.29) is 24.7 Å². The van der Waals surface area contributed by atoms with Crippen molar-refractivity contribution in [3.05, 3.63) is 11.5 Å². The van der Waals surface area contributed by atoms with Gasteiger partial charge in [0, 0.05) is 0 Å². The highest BCUT2D eigenvalue weighted by Gasteiger charge is 2.24. The third-order valence-corrected chi connectivity index (χ3v) is 1.19. The molecule has 0 radical (unpaired) electrons. The smallest absolute Gasteiger partial charge is 0.163 e. The molecule has 0 saturated carbocycles. The van der Waals surface area contributed by atoms with E-state index in [0.29, 0.717) is 0 Å². The van der Waals surface area contributed by atoms with Crippen molar-refractivity contribution < 1.29 is 20.1 Å². The van der Waals surface area contributed by atoms with Gasteiger partial charge in [0.15, 0.2) is 11.5 Å². The van der Waals surface area contributed by atoms with Gasteiger partial charge >= 0.3 is 0 Å². The van der Waals surface area contributed by atoms with Gasteiger partial charge in [0.1, 0.15) is 12.7 Å². The fourth-order valence-electron chi connectivity index (χ4n) is 0.657. The molecule has 1 heterocycles. The molecule has 1 atom stereocenters. The van der Waals surface area contributed by atoms with Crippen molar-refractivity contribution in [1.82, 2.24) is 0 Å². The molecule has 0 bridgehead atoms. The van der Waals surface area contributed by atoms with E-state index in [1.165, 1.54) is 0 Å². The first-order valence-electron chi connectivity index (χ1n) is 2.59. The molecule has 9 heavy (non-hydrogen) atoms. The van der Waals surface area contributed by atoms with Gasteiger partial charge in [-0.1, -0.05) is 0 Å². The average Bonchev–Trinajstić information content (AvgIpc) is 2.15. The van der Waals surface area contributed by atoms with Crippen molar-refractivity contribution in [2.45, 2.75) is 6.10 Å². The lowest BCUT2D eigenvalue weighted by Gasteiger charge is -2.03. The first kappa shape index (κ1) is 6.38. The summed E-state index contributed by atoms with van der Waals surface area (Å²) in [5, 5.41) is 25.9. The number of hydrogen-bond acceptors (Lipinski definition) is 4. The Balaban J connectivity index is 2.63. The predicted molar refractivity (Wildman–Crippen MR) is 29.1 cm³/mol. The van der Waals surface area contributed by atoms with E-state index in [0.717, 1.165) is 0 Å². The minimum absolute atomic E-state index is 0.00292.